The van der Waals surface area contributed by atoms with Gasteiger partial charge in [0.25, 0.3) is 5.91 Å². The van der Waals surface area contributed by atoms with E-state index in [2.05, 4.69) is 15.5 Å². The minimum atomic E-state index is -0.202. The van der Waals surface area contributed by atoms with Crippen LogP contribution in [-0.4, -0.2) is 20.9 Å². The third kappa shape index (κ3) is 3.22. The van der Waals surface area contributed by atoms with Gasteiger partial charge >= 0.3 is 0 Å². The van der Waals surface area contributed by atoms with Gasteiger partial charge in [-0.25, -0.2) is 0 Å². The zero-order valence-corrected chi connectivity index (χ0v) is 13.8. The van der Waals surface area contributed by atoms with E-state index in [0.29, 0.717) is 21.8 Å². The van der Waals surface area contributed by atoms with E-state index < -0.39 is 0 Å². The zero-order valence-electron chi connectivity index (χ0n) is 13.1. The van der Waals surface area contributed by atoms with E-state index in [1.54, 1.807) is 41.2 Å². The van der Waals surface area contributed by atoms with Crippen LogP contribution >= 0.6 is 11.6 Å². The number of carbonyl (C=O) groups excluding carboxylic acids is 1. The number of fused-ring (bicyclic) bond motifs is 1. The number of hydrogen-bond acceptors (Lipinski definition) is 3. The molecule has 0 spiro atoms. The van der Waals surface area contributed by atoms with Crippen LogP contribution in [0.2, 0.25) is 5.02 Å². The predicted octanol–water partition coefficient (Wildman–Crippen LogP) is 4.33. The standard InChI is InChI=1S/C19H13ClN4O/c20-14-8-6-13(7-9-14)19(25)21-15-10-11-17-18(12-15)23-24(22-17)16-4-2-1-3-5-16/h1-12H,(H,21,25). The van der Waals surface area contributed by atoms with E-state index in [9.17, 15) is 4.79 Å². The molecule has 0 saturated heterocycles. The highest BCUT2D eigenvalue weighted by Crippen LogP contribution is 2.18. The fourth-order valence-corrected chi connectivity index (χ4v) is 2.60. The fraction of sp³-hybridized carbons (Fsp3) is 0. The summed E-state index contributed by atoms with van der Waals surface area (Å²) in [6.45, 7) is 0. The Morgan fingerprint density at radius 2 is 1.60 bits per heavy atom. The molecule has 25 heavy (non-hydrogen) atoms. The minimum absolute atomic E-state index is 0.202. The number of amides is 1. The number of benzene rings is 3. The second-order valence-electron chi connectivity index (χ2n) is 5.49. The van der Waals surface area contributed by atoms with Gasteiger partial charge in [-0.2, -0.15) is 4.80 Å². The Morgan fingerprint density at radius 3 is 2.36 bits per heavy atom. The van der Waals surface area contributed by atoms with Gasteiger partial charge in [0.1, 0.15) is 11.0 Å². The molecule has 0 bridgehead atoms. The quantitative estimate of drug-likeness (QED) is 0.599. The second-order valence-corrected chi connectivity index (χ2v) is 5.93. The highest BCUT2D eigenvalue weighted by Gasteiger charge is 2.09. The van der Waals surface area contributed by atoms with Gasteiger partial charge in [0.2, 0.25) is 0 Å². The van der Waals surface area contributed by atoms with E-state index in [1.165, 1.54) is 0 Å². The van der Waals surface area contributed by atoms with Crippen molar-refractivity contribution in [1.29, 1.82) is 0 Å². The lowest BCUT2D eigenvalue weighted by Gasteiger charge is -2.04. The van der Waals surface area contributed by atoms with Crippen LogP contribution in [0.15, 0.2) is 72.8 Å². The average molecular weight is 349 g/mol. The monoisotopic (exact) mass is 348 g/mol. The van der Waals surface area contributed by atoms with Crippen molar-refractivity contribution in [3.63, 3.8) is 0 Å². The molecular formula is C19H13ClN4O. The molecule has 3 aromatic carbocycles. The highest BCUT2D eigenvalue weighted by molar-refractivity contribution is 6.30. The van der Waals surface area contributed by atoms with Crippen LogP contribution < -0.4 is 5.32 Å². The van der Waals surface area contributed by atoms with Crippen LogP contribution in [0.1, 0.15) is 10.4 Å². The summed E-state index contributed by atoms with van der Waals surface area (Å²) < 4.78 is 0. The number of anilines is 1. The maximum atomic E-state index is 12.3. The van der Waals surface area contributed by atoms with Crippen LogP contribution in [0.3, 0.4) is 0 Å². The van der Waals surface area contributed by atoms with Gasteiger partial charge in [-0.1, -0.05) is 29.8 Å². The third-order valence-corrected chi connectivity index (χ3v) is 3.98. The first-order chi connectivity index (χ1) is 12.2. The summed E-state index contributed by atoms with van der Waals surface area (Å²) in [5, 5.41) is 12.4. The number of nitrogens with zero attached hydrogens (tertiary/aromatic N) is 3. The summed E-state index contributed by atoms with van der Waals surface area (Å²) in [5.74, 6) is -0.202. The van der Waals surface area contributed by atoms with Crippen molar-refractivity contribution in [2.24, 2.45) is 0 Å². The summed E-state index contributed by atoms with van der Waals surface area (Å²) in [7, 11) is 0. The van der Waals surface area contributed by atoms with Crippen molar-refractivity contribution in [3.05, 3.63) is 83.4 Å². The van der Waals surface area contributed by atoms with Crippen molar-refractivity contribution in [2.45, 2.75) is 0 Å². The largest absolute Gasteiger partial charge is 0.322 e. The lowest BCUT2D eigenvalue weighted by Crippen LogP contribution is -2.11. The molecule has 0 atom stereocenters. The molecule has 0 aliphatic heterocycles. The van der Waals surface area contributed by atoms with Gasteiger partial charge in [0, 0.05) is 16.3 Å². The van der Waals surface area contributed by atoms with Gasteiger partial charge in [-0.05, 0) is 54.6 Å². The second kappa shape index (κ2) is 6.37. The highest BCUT2D eigenvalue weighted by atomic mass is 35.5. The molecule has 1 aromatic heterocycles. The average Bonchev–Trinajstić information content (AvgIpc) is 3.06. The van der Waals surface area contributed by atoms with Gasteiger partial charge in [0.15, 0.2) is 0 Å². The number of carbonyl (C=O) groups is 1. The van der Waals surface area contributed by atoms with Crippen molar-refractivity contribution in [2.75, 3.05) is 5.32 Å². The van der Waals surface area contributed by atoms with Gasteiger partial charge in [-0.15, -0.1) is 10.2 Å². The van der Waals surface area contributed by atoms with Crippen LogP contribution in [-0.2, 0) is 0 Å². The first-order valence-corrected chi connectivity index (χ1v) is 8.06. The van der Waals surface area contributed by atoms with Gasteiger partial charge in [-0.3, -0.25) is 4.79 Å². The number of para-hydroxylation sites is 1. The summed E-state index contributed by atoms with van der Waals surface area (Å²) >= 11 is 5.85. The molecule has 0 unspecified atom stereocenters. The van der Waals surface area contributed by atoms with Crippen molar-refractivity contribution >= 4 is 34.2 Å². The maximum Gasteiger partial charge on any atom is 0.255 e. The Labute approximate surface area is 148 Å². The molecule has 4 rings (SSSR count). The van der Waals surface area contributed by atoms with Crippen LogP contribution in [0, 0.1) is 0 Å². The lowest BCUT2D eigenvalue weighted by molar-refractivity contribution is 0.102. The maximum absolute atomic E-state index is 12.3. The summed E-state index contributed by atoms with van der Waals surface area (Å²) in [5.41, 5.74) is 3.54. The fourth-order valence-electron chi connectivity index (χ4n) is 2.47. The van der Waals surface area contributed by atoms with E-state index in [4.69, 9.17) is 11.6 Å². The Balaban J connectivity index is 1.61. The normalized spacial score (nSPS) is 10.8. The van der Waals surface area contributed by atoms with Crippen LogP contribution in [0.5, 0.6) is 0 Å². The predicted molar refractivity (Wildman–Crippen MR) is 98.3 cm³/mol. The number of aromatic nitrogens is 3. The van der Waals surface area contributed by atoms with E-state index in [0.717, 1.165) is 11.2 Å². The molecule has 4 aromatic rings. The summed E-state index contributed by atoms with van der Waals surface area (Å²) in [6, 6.07) is 21.8. The number of rotatable bonds is 3. The SMILES string of the molecule is O=C(Nc1ccc2nn(-c3ccccc3)nc2c1)c1ccc(Cl)cc1. The number of halogens is 1. The molecule has 0 radical (unpaired) electrons. The van der Waals surface area contributed by atoms with E-state index in [-0.39, 0.29) is 5.91 Å². The molecule has 5 nitrogen and oxygen atoms in total. The summed E-state index contributed by atoms with van der Waals surface area (Å²) in [6.07, 6.45) is 0. The van der Waals surface area contributed by atoms with Crippen molar-refractivity contribution in [3.8, 4) is 5.69 Å². The van der Waals surface area contributed by atoms with Crippen molar-refractivity contribution < 1.29 is 4.79 Å². The molecule has 122 valence electrons. The topological polar surface area (TPSA) is 59.8 Å². The molecule has 1 N–H and O–H groups in total. The number of nitrogens with one attached hydrogen (secondary N) is 1. The first kappa shape index (κ1) is 15.4. The minimum Gasteiger partial charge on any atom is -0.322 e. The number of hydrogen-bond donors (Lipinski definition) is 1. The van der Waals surface area contributed by atoms with Gasteiger partial charge in [0.05, 0.1) is 5.69 Å². The third-order valence-electron chi connectivity index (χ3n) is 3.73. The smallest absolute Gasteiger partial charge is 0.255 e. The molecular weight excluding hydrogens is 336 g/mol. The van der Waals surface area contributed by atoms with Crippen molar-refractivity contribution in [1.82, 2.24) is 15.0 Å². The van der Waals surface area contributed by atoms with Crippen LogP contribution in [0.4, 0.5) is 5.69 Å². The molecule has 1 amide bonds. The first-order valence-electron chi connectivity index (χ1n) is 7.68. The molecule has 1 heterocycles. The molecule has 0 saturated carbocycles. The Hall–Kier alpha value is -3.18. The molecule has 0 aliphatic rings. The molecule has 6 heteroatoms. The Bertz CT molecular complexity index is 1040. The Morgan fingerprint density at radius 1 is 0.880 bits per heavy atom. The van der Waals surface area contributed by atoms with Crippen LogP contribution in [0.25, 0.3) is 16.7 Å². The van der Waals surface area contributed by atoms with E-state index >= 15 is 0 Å². The lowest BCUT2D eigenvalue weighted by atomic mass is 10.2. The van der Waals surface area contributed by atoms with E-state index in [1.807, 2.05) is 36.4 Å². The molecule has 0 fully saturated rings. The zero-order chi connectivity index (χ0) is 17.2. The van der Waals surface area contributed by atoms with Gasteiger partial charge < -0.3 is 5.32 Å². The molecule has 0 aliphatic carbocycles. The Kier molecular flexibility index (Phi) is 3.91. The summed E-state index contributed by atoms with van der Waals surface area (Å²) in [4.78, 5) is 13.9.